The molecule has 1 heterocycles. The maximum Gasteiger partial charge on any atom is 0.262 e. The molecule has 0 N–H and O–H groups in total. The molecule has 4 heteroatoms. The zero-order valence-corrected chi connectivity index (χ0v) is 18.8. The fourth-order valence-electron chi connectivity index (χ4n) is 4.46. The first-order valence-electron chi connectivity index (χ1n) is 11.1. The van der Waals surface area contributed by atoms with Crippen molar-refractivity contribution in [3.05, 3.63) is 125 Å². The van der Waals surface area contributed by atoms with Crippen LogP contribution in [-0.4, -0.2) is 13.0 Å². The lowest BCUT2D eigenvalue weighted by molar-refractivity contribution is 0.0968. The highest BCUT2D eigenvalue weighted by Crippen LogP contribution is 2.42. The maximum atomic E-state index is 13.9. The minimum Gasteiger partial charge on any atom is -0.497 e. The number of benzene rings is 4. The smallest absolute Gasteiger partial charge is 0.262 e. The van der Waals surface area contributed by atoms with Gasteiger partial charge in [0.15, 0.2) is 0 Å². The third-order valence-electron chi connectivity index (χ3n) is 6.10. The number of fused-ring (bicyclic) bond motifs is 1. The number of anilines is 2. The lowest BCUT2D eigenvalue weighted by Crippen LogP contribution is -2.49. The Kier molecular flexibility index (Phi) is 5.57. The molecule has 4 aromatic rings. The summed E-state index contributed by atoms with van der Waals surface area (Å²) in [6.45, 7) is 2.72. The first-order valence-corrected chi connectivity index (χ1v) is 11.1. The van der Waals surface area contributed by atoms with E-state index in [1.165, 1.54) is 5.56 Å². The Hall–Kier alpha value is -4.05. The average molecular weight is 435 g/mol. The third-order valence-corrected chi connectivity index (χ3v) is 6.10. The number of rotatable bonds is 5. The summed E-state index contributed by atoms with van der Waals surface area (Å²) in [6, 6.07) is 34.4. The van der Waals surface area contributed by atoms with Crippen LogP contribution in [0.5, 0.6) is 5.75 Å². The quantitative estimate of drug-likeness (QED) is 0.366. The number of amides is 1. The summed E-state index contributed by atoms with van der Waals surface area (Å²) in [6.07, 6.45) is -0.328. The zero-order valence-electron chi connectivity index (χ0n) is 18.8. The van der Waals surface area contributed by atoms with Gasteiger partial charge in [0.25, 0.3) is 5.91 Å². The number of nitrogens with zero attached hydrogens (tertiary/aromatic N) is 2. The SMILES string of the molecule is COc1cccc([C@@H]2N(Cc3ccccc3)c3ccccc3C(=O)N2c2ccc(C)cc2)c1. The monoisotopic (exact) mass is 434 g/mol. The number of carbonyl (C=O) groups excluding carboxylic acids is 1. The van der Waals surface area contributed by atoms with Crippen LogP contribution in [0.3, 0.4) is 0 Å². The van der Waals surface area contributed by atoms with E-state index in [1.54, 1.807) is 7.11 Å². The number of para-hydroxylation sites is 1. The van der Waals surface area contributed by atoms with E-state index in [9.17, 15) is 4.79 Å². The molecule has 0 radical (unpaired) electrons. The Morgan fingerprint density at radius 2 is 1.55 bits per heavy atom. The number of carbonyl (C=O) groups is 1. The summed E-state index contributed by atoms with van der Waals surface area (Å²) in [5.74, 6) is 0.758. The van der Waals surface area contributed by atoms with E-state index in [-0.39, 0.29) is 12.1 Å². The van der Waals surface area contributed by atoms with E-state index >= 15 is 0 Å². The summed E-state index contributed by atoms with van der Waals surface area (Å²) in [7, 11) is 1.67. The van der Waals surface area contributed by atoms with Crippen molar-refractivity contribution < 1.29 is 9.53 Å². The number of ether oxygens (including phenoxy) is 1. The van der Waals surface area contributed by atoms with E-state index in [2.05, 4.69) is 42.2 Å². The molecule has 0 aromatic heterocycles. The molecule has 0 saturated heterocycles. The van der Waals surface area contributed by atoms with Gasteiger partial charge < -0.3 is 9.64 Å². The molecule has 1 amide bonds. The van der Waals surface area contributed by atoms with E-state index in [1.807, 2.05) is 77.7 Å². The Morgan fingerprint density at radius 1 is 0.818 bits per heavy atom. The zero-order chi connectivity index (χ0) is 22.8. The number of hydrogen-bond donors (Lipinski definition) is 0. The largest absolute Gasteiger partial charge is 0.497 e. The molecule has 0 unspecified atom stereocenters. The lowest BCUT2D eigenvalue weighted by atomic mass is 9.98. The van der Waals surface area contributed by atoms with E-state index < -0.39 is 0 Å². The molecule has 0 saturated carbocycles. The maximum absolute atomic E-state index is 13.9. The van der Waals surface area contributed by atoms with Crippen molar-refractivity contribution in [2.75, 3.05) is 16.9 Å². The minimum atomic E-state index is -0.328. The van der Waals surface area contributed by atoms with Crippen molar-refractivity contribution in [3.63, 3.8) is 0 Å². The first kappa shape index (κ1) is 20.8. The molecular formula is C29H26N2O2. The molecule has 0 bridgehead atoms. The molecule has 33 heavy (non-hydrogen) atoms. The van der Waals surface area contributed by atoms with Crippen molar-refractivity contribution in [2.45, 2.75) is 19.6 Å². The summed E-state index contributed by atoms with van der Waals surface area (Å²) in [4.78, 5) is 18.1. The molecule has 4 aromatic carbocycles. The van der Waals surface area contributed by atoms with Crippen LogP contribution < -0.4 is 14.5 Å². The van der Waals surface area contributed by atoms with Crippen molar-refractivity contribution in [1.29, 1.82) is 0 Å². The van der Waals surface area contributed by atoms with Gasteiger partial charge in [-0.15, -0.1) is 0 Å². The van der Waals surface area contributed by atoms with Crippen LogP contribution in [0.15, 0.2) is 103 Å². The predicted molar refractivity (Wildman–Crippen MR) is 133 cm³/mol. The number of aryl methyl sites for hydroxylation is 1. The van der Waals surface area contributed by atoms with Crippen molar-refractivity contribution >= 4 is 17.3 Å². The molecule has 0 fully saturated rings. The summed E-state index contributed by atoms with van der Waals surface area (Å²) >= 11 is 0. The average Bonchev–Trinajstić information content (AvgIpc) is 2.87. The predicted octanol–water partition coefficient (Wildman–Crippen LogP) is 6.37. The van der Waals surface area contributed by atoms with Gasteiger partial charge >= 0.3 is 0 Å². The van der Waals surface area contributed by atoms with Crippen LogP contribution in [0.25, 0.3) is 0 Å². The van der Waals surface area contributed by atoms with Gasteiger partial charge in [0.1, 0.15) is 11.9 Å². The summed E-state index contributed by atoms with van der Waals surface area (Å²) < 4.78 is 5.53. The molecular weight excluding hydrogens is 408 g/mol. The Morgan fingerprint density at radius 3 is 2.30 bits per heavy atom. The first-order chi connectivity index (χ1) is 16.2. The van der Waals surface area contributed by atoms with Gasteiger partial charge in [0.05, 0.1) is 18.4 Å². The Bertz CT molecular complexity index is 1270. The normalized spacial score (nSPS) is 15.3. The van der Waals surface area contributed by atoms with Gasteiger partial charge in [-0.25, -0.2) is 0 Å². The fourth-order valence-corrected chi connectivity index (χ4v) is 4.46. The van der Waals surface area contributed by atoms with Gasteiger partial charge in [0.2, 0.25) is 0 Å². The second kappa shape index (κ2) is 8.83. The van der Waals surface area contributed by atoms with Gasteiger partial charge in [-0.1, -0.05) is 72.3 Å². The molecule has 1 aliphatic rings. The number of hydrogen-bond acceptors (Lipinski definition) is 3. The van der Waals surface area contributed by atoms with Gasteiger partial charge in [-0.2, -0.15) is 0 Å². The summed E-state index contributed by atoms with van der Waals surface area (Å²) in [5.41, 5.74) is 5.83. The van der Waals surface area contributed by atoms with E-state index in [4.69, 9.17) is 4.74 Å². The molecule has 164 valence electrons. The van der Waals surface area contributed by atoms with Crippen molar-refractivity contribution in [1.82, 2.24) is 0 Å². The fraction of sp³-hybridized carbons (Fsp3) is 0.138. The van der Waals surface area contributed by atoms with Crippen molar-refractivity contribution in [2.24, 2.45) is 0 Å². The topological polar surface area (TPSA) is 32.8 Å². The lowest BCUT2D eigenvalue weighted by Gasteiger charge is -2.46. The molecule has 0 aliphatic carbocycles. The van der Waals surface area contributed by atoms with Gasteiger partial charge in [-0.3, -0.25) is 9.69 Å². The van der Waals surface area contributed by atoms with Crippen LogP contribution in [0, 0.1) is 6.92 Å². The second-order valence-electron chi connectivity index (χ2n) is 8.29. The van der Waals surface area contributed by atoms with Crippen LogP contribution >= 0.6 is 0 Å². The van der Waals surface area contributed by atoms with Gasteiger partial charge in [-0.05, 0) is 54.4 Å². The molecule has 4 nitrogen and oxygen atoms in total. The molecule has 0 spiro atoms. The van der Waals surface area contributed by atoms with E-state index in [0.29, 0.717) is 12.1 Å². The highest BCUT2D eigenvalue weighted by atomic mass is 16.5. The standard InChI is InChI=1S/C29H26N2O2/c1-21-15-17-24(18-16-21)31-28(23-11-8-12-25(19-23)33-2)30(20-22-9-4-3-5-10-22)27-14-7-6-13-26(27)29(31)32/h3-19,28H,20H2,1-2H3/t28-/m1/s1. The Labute approximate surface area is 194 Å². The van der Waals surface area contributed by atoms with Crippen LogP contribution in [0.4, 0.5) is 11.4 Å². The molecule has 1 aliphatic heterocycles. The van der Waals surface area contributed by atoms with Crippen LogP contribution in [0.2, 0.25) is 0 Å². The highest BCUT2D eigenvalue weighted by molar-refractivity contribution is 6.12. The third kappa shape index (κ3) is 3.96. The minimum absolute atomic E-state index is 0.00779. The van der Waals surface area contributed by atoms with Crippen LogP contribution in [0.1, 0.15) is 33.2 Å². The number of methoxy groups -OCH3 is 1. The van der Waals surface area contributed by atoms with Gasteiger partial charge in [0, 0.05) is 12.2 Å². The van der Waals surface area contributed by atoms with E-state index in [0.717, 1.165) is 28.3 Å². The molecule has 5 rings (SSSR count). The molecule has 1 atom stereocenters. The Balaban J connectivity index is 1.73. The van der Waals surface area contributed by atoms with Crippen molar-refractivity contribution in [3.8, 4) is 5.75 Å². The van der Waals surface area contributed by atoms with Crippen LogP contribution in [-0.2, 0) is 6.54 Å². The second-order valence-corrected chi connectivity index (χ2v) is 8.29. The highest BCUT2D eigenvalue weighted by Gasteiger charge is 2.39. The summed E-state index contributed by atoms with van der Waals surface area (Å²) in [5, 5.41) is 0.